The standard InChI is InChI=1S/C24H32FN7/c1-23(2)11-19(12-24(3,4)32(23)6)28-21-20(25)14-26-22(30-21)29-18-9-7-8-16(10-18)17-13-27-31(5)15-17/h7-10,13-15,19H,11-12H2,1-6H3,(H2,26,28,29,30). The number of benzene rings is 1. The van der Waals surface area contributed by atoms with E-state index in [2.05, 4.69) is 65.3 Å². The molecule has 0 spiro atoms. The van der Waals surface area contributed by atoms with E-state index in [0.717, 1.165) is 29.7 Å². The molecule has 0 aliphatic carbocycles. The lowest BCUT2D eigenvalue weighted by atomic mass is 9.77. The average Bonchev–Trinajstić information content (AvgIpc) is 3.15. The molecule has 8 heteroatoms. The molecule has 0 saturated carbocycles. The van der Waals surface area contributed by atoms with Gasteiger partial charge in [-0.25, -0.2) is 9.37 Å². The van der Waals surface area contributed by atoms with Gasteiger partial charge < -0.3 is 10.6 Å². The van der Waals surface area contributed by atoms with Crippen LogP contribution in [-0.2, 0) is 7.05 Å². The minimum Gasteiger partial charge on any atom is -0.365 e. The fourth-order valence-electron chi connectivity index (χ4n) is 4.67. The Labute approximate surface area is 189 Å². The van der Waals surface area contributed by atoms with Crippen molar-refractivity contribution in [2.75, 3.05) is 17.7 Å². The summed E-state index contributed by atoms with van der Waals surface area (Å²) in [7, 11) is 4.04. The minimum atomic E-state index is -0.450. The smallest absolute Gasteiger partial charge is 0.229 e. The molecule has 1 aliphatic rings. The van der Waals surface area contributed by atoms with Crippen molar-refractivity contribution in [3.63, 3.8) is 0 Å². The summed E-state index contributed by atoms with van der Waals surface area (Å²) >= 11 is 0. The number of aryl methyl sites for hydroxylation is 1. The second kappa shape index (κ2) is 8.16. The van der Waals surface area contributed by atoms with Crippen molar-refractivity contribution >= 4 is 17.5 Å². The SMILES string of the molecule is CN1C(C)(C)CC(Nc2nc(Nc3cccc(-c4cnn(C)c4)c3)ncc2F)CC1(C)C. The van der Waals surface area contributed by atoms with Crippen LogP contribution in [0.25, 0.3) is 11.1 Å². The Kier molecular flexibility index (Phi) is 5.67. The quantitative estimate of drug-likeness (QED) is 0.596. The number of aromatic nitrogens is 4. The van der Waals surface area contributed by atoms with Gasteiger partial charge in [0.1, 0.15) is 0 Å². The van der Waals surface area contributed by atoms with E-state index in [9.17, 15) is 4.39 Å². The van der Waals surface area contributed by atoms with Gasteiger partial charge in [-0.1, -0.05) is 12.1 Å². The maximum atomic E-state index is 14.6. The molecule has 7 nitrogen and oxygen atoms in total. The molecule has 1 aliphatic heterocycles. The molecule has 32 heavy (non-hydrogen) atoms. The summed E-state index contributed by atoms with van der Waals surface area (Å²) in [4.78, 5) is 11.0. The van der Waals surface area contributed by atoms with Gasteiger partial charge in [-0.2, -0.15) is 10.1 Å². The largest absolute Gasteiger partial charge is 0.365 e. The Hall–Kier alpha value is -3.00. The molecule has 0 atom stereocenters. The third kappa shape index (κ3) is 4.60. The number of likely N-dealkylation sites (tertiary alicyclic amines) is 1. The monoisotopic (exact) mass is 437 g/mol. The number of nitrogens with zero attached hydrogens (tertiary/aromatic N) is 5. The number of hydrogen-bond donors (Lipinski definition) is 2. The van der Waals surface area contributed by atoms with Gasteiger partial charge in [-0.3, -0.25) is 9.58 Å². The molecular formula is C24H32FN7. The summed E-state index contributed by atoms with van der Waals surface area (Å²) in [5, 5.41) is 10.8. The van der Waals surface area contributed by atoms with Crippen LogP contribution < -0.4 is 10.6 Å². The molecule has 2 aromatic heterocycles. The van der Waals surface area contributed by atoms with Gasteiger partial charge >= 0.3 is 0 Å². The van der Waals surface area contributed by atoms with Gasteiger partial charge in [0.25, 0.3) is 0 Å². The lowest BCUT2D eigenvalue weighted by Gasteiger charge is -2.53. The zero-order valence-electron chi connectivity index (χ0n) is 19.6. The van der Waals surface area contributed by atoms with E-state index in [0.29, 0.717) is 5.95 Å². The molecule has 1 fully saturated rings. The number of rotatable bonds is 5. The van der Waals surface area contributed by atoms with Crippen LogP contribution in [0.4, 0.5) is 21.8 Å². The topological polar surface area (TPSA) is 70.9 Å². The Morgan fingerprint density at radius 3 is 2.41 bits per heavy atom. The lowest BCUT2D eigenvalue weighted by molar-refractivity contribution is -0.00778. The van der Waals surface area contributed by atoms with Crippen LogP contribution in [-0.4, -0.2) is 48.8 Å². The van der Waals surface area contributed by atoms with Crippen LogP contribution in [0.5, 0.6) is 0 Å². The van der Waals surface area contributed by atoms with Crippen molar-refractivity contribution < 1.29 is 4.39 Å². The van der Waals surface area contributed by atoms with Crippen LogP contribution in [0.2, 0.25) is 0 Å². The molecule has 1 aromatic carbocycles. The van der Waals surface area contributed by atoms with E-state index in [1.54, 1.807) is 4.68 Å². The number of nitrogens with one attached hydrogen (secondary N) is 2. The second-order valence-corrected chi connectivity index (χ2v) is 9.93. The van der Waals surface area contributed by atoms with E-state index >= 15 is 0 Å². The molecule has 0 radical (unpaired) electrons. The summed E-state index contributed by atoms with van der Waals surface area (Å²) in [6, 6.07) is 8.02. The summed E-state index contributed by atoms with van der Waals surface area (Å²) < 4.78 is 16.3. The van der Waals surface area contributed by atoms with E-state index in [1.807, 2.05) is 43.7 Å². The van der Waals surface area contributed by atoms with Gasteiger partial charge in [0.2, 0.25) is 5.95 Å². The van der Waals surface area contributed by atoms with Crippen molar-refractivity contribution in [2.24, 2.45) is 7.05 Å². The molecule has 3 aromatic rings. The van der Waals surface area contributed by atoms with Crippen molar-refractivity contribution in [2.45, 2.75) is 57.7 Å². The fourth-order valence-corrected chi connectivity index (χ4v) is 4.67. The predicted molar refractivity (Wildman–Crippen MR) is 126 cm³/mol. The Morgan fingerprint density at radius 1 is 1.03 bits per heavy atom. The number of hydrogen-bond acceptors (Lipinski definition) is 6. The lowest BCUT2D eigenvalue weighted by Crippen LogP contribution is -2.61. The fraction of sp³-hybridized carbons (Fsp3) is 0.458. The van der Waals surface area contributed by atoms with Gasteiger partial charge in [0.05, 0.1) is 12.4 Å². The van der Waals surface area contributed by atoms with E-state index in [4.69, 9.17) is 0 Å². The highest BCUT2D eigenvalue weighted by molar-refractivity contribution is 5.68. The summed E-state index contributed by atoms with van der Waals surface area (Å²) in [6.07, 6.45) is 6.78. The molecular weight excluding hydrogens is 405 g/mol. The first-order chi connectivity index (χ1) is 15.0. The van der Waals surface area contributed by atoms with Crippen LogP contribution in [0, 0.1) is 5.82 Å². The molecule has 1 saturated heterocycles. The first-order valence-electron chi connectivity index (χ1n) is 10.9. The van der Waals surface area contributed by atoms with E-state index < -0.39 is 5.82 Å². The third-order valence-corrected chi connectivity index (χ3v) is 6.55. The van der Waals surface area contributed by atoms with Gasteiger partial charge in [-0.15, -0.1) is 0 Å². The average molecular weight is 438 g/mol. The summed E-state index contributed by atoms with van der Waals surface area (Å²) in [6.45, 7) is 8.89. The molecule has 2 N–H and O–H groups in total. The highest BCUT2D eigenvalue weighted by Gasteiger charge is 2.43. The number of piperidine rings is 1. The number of halogens is 1. The maximum Gasteiger partial charge on any atom is 0.229 e. The molecule has 0 unspecified atom stereocenters. The predicted octanol–water partition coefficient (Wildman–Crippen LogP) is 4.82. The van der Waals surface area contributed by atoms with Crippen molar-refractivity contribution in [3.8, 4) is 11.1 Å². The summed E-state index contributed by atoms with van der Waals surface area (Å²) in [5.74, 6) is 0.130. The molecule has 4 rings (SSSR count). The van der Waals surface area contributed by atoms with Crippen molar-refractivity contribution in [3.05, 3.63) is 48.7 Å². The van der Waals surface area contributed by atoms with Crippen LogP contribution in [0.1, 0.15) is 40.5 Å². The van der Waals surface area contributed by atoms with Crippen LogP contribution in [0.3, 0.4) is 0 Å². The van der Waals surface area contributed by atoms with Gasteiger partial charge in [-0.05, 0) is 65.3 Å². The first-order valence-corrected chi connectivity index (χ1v) is 10.9. The minimum absolute atomic E-state index is 0.00324. The molecule has 3 heterocycles. The first kappa shape index (κ1) is 22.2. The highest BCUT2D eigenvalue weighted by atomic mass is 19.1. The zero-order chi connectivity index (χ0) is 23.1. The Balaban J connectivity index is 1.52. The summed E-state index contributed by atoms with van der Waals surface area (Å²) in [5.41, 5.74) is 2.86. The van der Waals surface area contributed by atoms with Gasteiger partial charge in [0, 0.05) is 41.6 Å². The highest BCUT2D eigenvalue weighted by Crippen LogP contribution is 2.38. The zero-order valence-corrected chi connectivity index (χ0v) is 19.6. The maximum absolute atomic E-state index is 14.6. The Bertz CT molecular complexity index is 1090. The molecule has 170 valence electrons. The van der Waals surface area contributed by atoms with Crippen molar-refractivity contribution in [1.29, 1.82) is 0 Å². The Morgan fingerprint density at radius 2 is 1.75 bits per heavy atom. The molecule has 0 bridgehead atoms. The number of anilines is 3. The molecule has 0 amide bonds. The second-order valence-electron chi connectivity index (χ2n) is 9.93. The van der Waals surface area contributed by atoms with E-state index in [1.165, 1.54) is 6.20 Å². The van der Waals surface area contributed by atoms with Crippen LogP contribution in [0.15, 0.2) is 42.9 Å². The normalized spacial score (nSPS) is 18.5. The van der Waals surface area contributed by atoms with Gasteiger partial charge in [0.15, 0.2) is 11.6 Å². The van der Waals surface area contributed by atoms with Crippen molar-refractivity contribution in [1.82, 2.24) is 24.6 Å². The third-order valence-electron chi connectivity index (χ3n) is 6.55. The van der Waals surface area contributed by atoms with E-state index in [-0.39, 0.29) is 22.9 Å². The van der Waals surface area contributed by atoms with Crippen LogP contribution >= 0.6 is 0 Å².